The third-order valence-electron chi connectivity index (χ3n) is 4.19. The molecule has 2 aliphatic rings. The van der Waals surface area contributed by atoms with Crippen LogP contribution in [0.3, 0.4) is 0 Å². The largest absolute Gasteiger partial charge is 0.338 e. The third kappa shape index (κ3) is 2.67. The second-order valence-electron chi connectivity index (χ2n) is 6.47. The minimum Gasteiger partial charge on any atom is -0.338 e. The molecule has 2 rings (SSSR count). The van der Waals surface area contributed by atoms with Crippen LogP contribution in [-0.2, 0) is 4.79 Å². The number of amides is 1. The Hall–Kier alpha value is -1.08. The standard InChI is InChI=1S/C14H23N3O/c1-14(2,3)16-6-4-12(5-7-16)17-10-11(9-15)8-13(17)18/h11-12H,4-8,10H2,1-3H3. The summed E-state index contributed by atoms with van der Waals surface area (Å²) in [5.41, 5.74) is 0.217. The average molecular weight is 249 g/mol. The van der Waals surface area contributed by atoms with E-state index in [2.05, 4.69) is 31.7 Å². The topological polar surface area (TPSA) is 47.3 Å². The summed E-state index contributed by atoms with van der Waals surface area (Å²) in [5, 5.41) is 8.91. The van der Waals surface area contributed by atoms with E-state index in [4.69, 9.17) is 5.26 Å². The van der Waals surface area contributed by atoms with Crippen LogP contribution < -0.4 is 0 Å². The second kappa shape index (κ2) is 4.89. The lowest BCUT2D eigenvalue weighted by molar-refractivity contribution is -0.130. The van der Waals surface area contributed by atoms with Crippen molar-refractivity contribution in [2.24, 2.45) is 5.92 Å². The number of hydrogen-bond acceptors (Lipinski definition) is 3. The van der Waals surface area contributed by atoms with E-state index >= 15 is 0 Å². The van der Waals surface area contributed by atoms with E-state index in [0.29, 0.717) is 19.0 Å². The van der Waals surface area contributed by atoms with Gasteiger partial charge >= 0.3 is 0 Å². The quantitative estimate of drug-likeness (QED) is 0.709. The zero-order valence-electron chi connectivity index (χ0n) is 11.6. The van der Waals surface area contributed by atoms with Crippen molar-refractivity contribution in [2.45, 2.75) is 51.6 Å². The first-order chi connectivity index (χ1) is 8.41. The number of nitrogens with zero attached hydrogens (tertiary/aromatic N) is 3. The van der Waals surface area contributed by atoms with Crippen molar-refractivity contribution < 1.29 is 4.79 Å². The summed E-state index contributed by atoms with van der Waals surface area (Å²) < 4.78 is 0. The molecular weight excluding hydrogens is 226 g/mol. The van der Waals surface area contributed by atoms with Crippen molar-refractivity contribution in [3.8, 4) is 6.07 Å². The highest BCUT2D eigenvalue weighted by Crippen LogP contribution is 2.27. The summed E-state index contributed by atoms with van der Waals surface area (Å²) in [4.78, 5) is 16.3. The predicted octanol–water partition coefficient (Wildman–Crippen LogP) is 1.62. The first-order valence-electron chi connectivity index (χ1n) is 6.86. The van der Waals surface area contributed by atoms with E-state index < -0.39 is 0 Å². The van der Waals surface area contributed by atoms with Gasteiger partial charge in [-0.25, -0.2) is 0 Å². The SMILES string of the molecule is CC(C)(C)N1CCC(N2CC(C#N)CC2=O)CC1. The molecule has 0 radical (unpaired) electrons. The fourth-order valence-corrected chi connectivity index (χ4v) is 3.02. The molecule has 2 fully saturated rings. The average Bonchev–Trinajstić information content (AvgIpc) is 2.70. The number of carbonyl (C=O) groups is 1. The molecule has 0 aromatic heterocycles. The van der Waals surface area contributed by atoms with Crippen molar-refractivity contribution in [2.75, 3.05) is 19.6 Å². The number of rotatable bonds is 1. The Morgan fingerprint density at radius 2 is 1.89 bits per heavy atom. The van der Waals surface area contributed by atoms with Gasteiger partial charge in [-0.2, -0.15) is 5.26 Å². The van der Waals surface area contributed by atoms with Crippen LogP contribution in [0, 0.1) is 17.2 Å². The maximum absolute atomic E-state index is 11.9. The van der Waals surface area contributed by atoms with Crippen LogP contribution in [0.1, 0.15) is 40.0 Å². The lowest BCUT2D eigenvalue weighted by Crippen LogP contribution is -2.51. The Bertz CT molecular complexity index is 358. The number of piperidine rings is 1. The molecule has 0 N–H and O–H groups in total. The van der Waals surface area contributed by atoms with Crippen LogP contribution in [0.2, 0.25) is 0 Å². The highest BCUT2D eigenvalue weighted by molar-refractivity contribution is 5.79. The second-order valence-corrected chi connectivity index (χ2v) is 6.47. The molecule has 1 atom stereocenters. The Labute approximate surface area is 110 Å². The van der Waals surface area contributed by atoms with Crippen molar-refractivity contribution in [1.82, 2.24) is 9.80 Å². The molecule has 100 valence electrons. The van der Waals surface area contributed by atoms with Crippen LogP contribution >= 0.6 is 0 Å². The van der Waals surface area contributed by atoms with Gasteiger partial charge in [-0.15, -0.1) is 0 Å². The molecular formula is C14H23N3O. The van der Waals surface area contributed by atoms with Gasteiger partial charge in [0.15, 0.2) is 0 Å². The Kier molecular flexibility index (Phi) is 3.63. The van der Waals surface area contributed by atoms with E-state index in [-0.39, 0.29) is 17.4 Å². The van der Waals surface area contributed by atoms with Gasteiger partial charge in [-0.1, -0.05) is 0 Å². The summed E-state index contributed by atoms with van der Waals surface area (Å²) in [6, 6.07) is 2.58. The van der Waals surface area contributed by atoms with Gasteiger partial charge in [0.2, 0.25) is 5.91 Å². The van der Waals surface area contributed by atoms with E-state index in [9.17, 15) is 4.79 Å². The molecule has 0 aromatic carbocycles. The molecule has 1 unspecified atom stereocenters. The van der Waals surface area contributed by atoms with E-state index in [0.717, 1.165) is 25.9 Å². The maximum atomic E-state index is 11.9. The molecule has 0 bridgehead atoms. The van der Waals surface area contributed by atoms with Crippen LogP contribution in [0.25, 0.3) is 0 Å². The van der Waals surface area contributed by atoms with Gasteiger partial charge in [-0.05, 0) is 33.6 Å². The molecule has 0 aromatic rings. The molecule has 2 saturated heterocycles. The van der Waals surface area contributed by atoms with Gasteiger partial charge in [0, 0.05) is 37.6 Å². The minimum atomic E-state index is -0.0851. The van der Waals surface area contributed by atoms with Gasteiger partial charge in [0.25, 0.3) is 0 Å². The molecule has 0 saturated carbocycles. The van der Waals surface area contributed by atoms with Gasteiger partial charge < -0.3 is 4.90 Å². The fourth-order valence-electron chi connectivity index (χ4n) is 3.02. The lowest BCUT2D eigenvalue weighted by atomic mass is 9.97. The van der Waals surface area contributed by atoms with Crippen LogP contribution in [0.4, 0.5) is 0 Å². The predicted molar refractivity (Wildman–Crippen MR) is 69.8 cm³/mol. The summed E-state index contributed by atoms with van der Waals surface area (Å²) in [6.45, 7) is 9.46. The number of carbonyl (C=O) groups excluding carboxylic acids is 1. The van der Waals surface area contributed by atoms with Gasteiger partial charge in [-0.3, -0.25) is 9.69 Å². The number of hydrogen-bond donors (Lipinski definition) is 0. The summed E-state index contributed by atoms with van der Waals surface area (Å²) in [5.74, 6) is 0.0916. The highest BCUT2D eigenvalue weighted by atomic mass is 16.2. The smallest absolute Gasteiger partial charge is 0.224 e. The van der Waals surface area contributed by atoms with Crippen molar-refractivity contribution in [3.05, 3.63) is 0 Å². The molecule has 0 aliphatic carbocycles. The van der Waals surface area contributed by atoms with Crippen LogP contribution in [0.5, 0.6) is 0 Å². The Morgan fingerprint density at radius 3 is 2.33 bits per heavy atom. The molecule has 18 heavy (non-hydrogen) atoms. The molecule has 4 heteroatoms. The summed E-state index contributed by atoms with van der Waals surface area (Å²) in [7, 11) is 0. The molecule has 2 aliphatic heterocycles. The lowest BCUT2D eigenvalue weighted by Gasteiger charge is -2.43. The Morgan fingerprint density at radius 1 is 1.28 bits per heavy atom. The third-order valence-corrected chi connectivity index (χ3v) is 4.19. The van der Waals surface area contributed by atoms with Crippen molar-refractivity contribution >= 4 is 5.91 Å². The summed E-state index contributed by atoms with van der Waals surface area (Å²) >= 11 is 0. The van der Waals surface area contributed by atoms with E-state index in [1.54, 1.807) is 0 Å². The molecule has 4 nitrogen and oxygen atoms in total. The molecule has 1 amide bonds. The summed E-state index contributed by atoms with van der Waals surface area (Å²) in [6.07, 6.45) is 2.51. The fraction of sp³-hybridized carbons (Fsp3) is 0.857. The van der Waals surface area contributed by atoms with Crippen LogP contribution in [0.15, 0.2) is 0 Å². The first-order valence-corrected chi connectivity index (χ1v) is 6.86. The van der Waals surface area contributed by atoms with Crippen molar-refractivity contribution in [1.29, 1.82) is 5.26 Å². The van der Waals surface area contributed by atoms with E-state index in [1.165, 1.54) is 0 Å². The van der Waals surface area contributed by atoms with E-state index in [1.807, 2.05) is 4.90 Å². The monoisotopic (exact) mass is 249 g/mol. The molecule has 0 spiro atoms. The first kappa shape index (κ1) is 13.4. The van der Waals surface area contributed by atoms with Gasteiger partial charge in [0.1, 0.15) is 0 Å². The highest BCUT2D eigenvalue weighted by Gasteiger charge is 2.37. The van der Waals surface area contributed by atoms with Crippen molar-refractivity contribution in [3.63, 3.8) is 0 Å². The minimum absolute atomic E-state index is 0.0851. The zero-order valence-corrected chi connectivity index (χ0v) is 11.6. The van der Waals surface area contributed by atoms with Crippen LogP contribution in [-0.4, -0.2) is 46.9 Å². The number of nitriles is 1. The number of likely N-dealkylation sites (tertiary alicyclic amines) is 2. The molecule has 2 heterocycles. The van der Waals surface area contributed by atoms with Gasteiger partial charge in [0.05, 0.1) is 12.0 Å². The Balaban J connectivity index is 1.91. The maximum Gasteiger partial charge on any atom is 0.224 e. The zero-order chi connectivity index (χ0) is 13.3. The normalized spacial score (nSPS) is 27.6.